The van der Waals surface area contributed by atoms with Crippen LogP contribution in [0.2, 0.25) is 0 Å². The average Bonchev–Trinajstić information content (AvgIpc) is 3.19. The average molecular weight is 366 g/mol. The van der Waals surface area contributed by atoms with Crippen LogP contribution in [-0.2, 0) is 6.42 Å². The van der Waals surface area contributed by atoms with Crippen molar-refractivity contribution in [2.75, 3.05) is 5.32 Å². The fourth-order valence-electron chi connectivity index (χ4n) is 3.28. The topological polar surface area (TPSA) is 68.0 Å². The Morgan fingerprint density at radius 2 is 1.86 bits per heavy atom. The molecule has 5 aromatic rings. The summed E-state index contributed by atoms with van der Waals surface area (Å²) in [7, 11) is 0. The van der Waals surface area contributed by atoms with Crippen LogP contribution in [0, 0.1) is 0 Å². The maximum atomic E-state index is 4.68. The largest absolute Gasteiger partial charge is 0.340 e. The molecule has 2 aromatic carbocycles. The molecule has 6 nitrogen and oxygen atoms in total. The molecule has 0 radical (unpaired) electrons. The number of aryl methyl sites for hydroxylation is 1. The van der Waals surface area contributed by atoms with Gasteiger partial charge in [-0.3, -0.25) is 4.98 Å². The first kappa shape index (κ1) is 16.4. The number of aromatic nitrogens is 5. The number of nitrogens with zero attached hydrogens (tertiary/aromatic N) is 5. The van der Waals surface area contributed by atoms with Crippen molar-refractivity contribution < 1.29 is 0 Å². The molecule has 3 aromatic heterocycles. The molecule has 0 unspecified atom stereocenters. The summed E-state index contributed by atoms with van der Waals surface area (Å²) in [6.07, 6.45) is 4.31. The summed E-state index contributed by atoms with van der Waals surface area (Å²) in [5.41, 5.74) is 2.84. The second-order valence-electron chi connectivity index (χ2n) is 6.53. The third-order valence-electron chi connectivity index (χ3n) is 4.70. The predicted molar refractivity (Wildman–Crippen MR) is 111 cm³/mol. The molecule has 1 N–H and O–H groups in total. The number of nitrogens with one attached hydrogen (secondary N) is 1. The molecular formula is C22H18N6. The van der Waals surface area contributed by atoms with Crippen molar-refractivity contribution in [3.05, 3.63) is 78.8 Å². The van der Waals surface area contributed by atoms with Crippen molar-refractivity contribution in [1.29, 1.82) is 0 Å². The number of rotatable bonds is 4. The van der Waals surface area contributed by atoms with Gasteiger partial charge < -0.3 is 5.32 Å². The molecule has 0 aliphatic rings. The van der Waals surface area contributed by atoms with E-state index in [1.54, 1.807) is 16.9 Å². The van der Waals surface area contributed by atoms with Crippen LogP contribution in [0.15, 0.2) is 73.1 Å². The van der Waals surface area contributed by atoms with Crippen molar-refractivity contribution in [2.24, 2.45) is 0 Å². The van der Waals surface area contributed by atoms with Crippen molar-refractivity contribution in [3.8, 4) is 11.4 Å². The lowest BCUT2D eigenvalue weighted by Gasteiger charge is -2.11. The first-order chi connectivity index (χ1) is 13.8. The quantitative estimate of drug-likeness (QED) is 0.502. The first-order valence-electron chi connectivity index (χ1n) is 9.24. The molecule has 28 heavy (non-hydrogen) atoms. The maximum absolute atomic E-state index is 4.68. The SMILES string of the molecule is CCc1cc(Nc2cccc3ccccc23)n2nc(-c3cccnc3)nc2n1. The number of benzene rings is 2. The Labute approximate surface area is 161 Å². The summed E-state index contributed by atoms with van der Waals surface area (Å²) in [4.78, 5) is 13.4. The van der Waals surface area contributed by atoms with Gasteiger partial charge in [0.15, 0.2) is 5.82 Å². The van der Waals surface area contributed by atoms with Crippen LogP contribution in [0.25, 0.3) is 27.9 Å². The zero-order chi connectivity index (χ0) is 18.9. The normalized spacial score (nSPS) is 11.2. The molecule has 0 fully saturated rings. The van der Waals surface area contributed by atoms with Crippen molar-refractivity contribution in [2.45, 2.75) is 13.3 Å². The fraction of sp³-hybridized carbons (Fsp3) is 0.0909. The summed E-state index contributed by atoms with van der Waals surface area (Å²) in [5, 5.41) is 10.5. The van der Waals surface area contributed by atoms with Crippen molar-refractivity contribution >= 4 is 28.1 Å². The molecule has 136 valence electrons. The van der Waals surface area contributed by atoms with Crippen molar-refractivity contribution in [1.82, 2.24) is 24.6 Å². The Morgan fingerprint density at radius 1 is 0.964 bits per heavy atom. The molecule has 0 aliphatic carbocycles. The van der Waals surface area contributed by atoms with Gasteiger partial charge in [-0.15, -0.1) is 5.10 Å². The molecule has 0 amide bonds. The Kier molecular flexibility index (Phi) is 3.94. The second-order valence-corrected chi connectivity index (χ2v) is 6.53. The Morgan fingerprint density at radius 3 is 2.71 bits per heavy atom. The van der Waals surface area contributed by atoms with Gasteiger partial charge in [0.1, 0.15) is 5.82 Å². The third-order valence-corrected chi connectivity index (χ3v) is 4.70. The first-order valence-corrected chi connectivity index (χ1v) is 9.24. The Hall–Kier alpha value is -3.80. The second kappa shape index (κ2) is 6.74. The molecule has 0 atom stereocenters. The lowest BCUT2D eigenvalue weighted by atomic mass is 10.1. The van der Waals surface area contributed by atoms with Gasteiger partial charge in [-0.25, -0.2) is 4.98 Å². The monoisotopic (exact) mass is 366 g/mol. The molecule has 0 spiro atoms. The van der Waals surface area contributed by atoms with Gasteiger partial charge in [0, 0.05) is 40.8 Å². The van der Waals surface area contributed by atoms with Crippen LogP contribution < -0.4 is 5.32 Å². The van der Waals surface area contributed by atoms with Crippen LogP contribution in [-0.4, -0.2) is 24.6 Å². The highest BCUT2D eigenvalue weighted by molar-refractivity contribution is 5.95. The van der Waals surface area contributed by atoms with Crippen LogP contribution in [0.4, 0.5) is 11.5 Å². The number of hydrogen-bond acceptors (Lipinski definition) is 5. The molecule has 3 heterocycles. The van der Waals surface area contributed by atoms with Gasteiger partial charge in [-0.1, -0.05) is 43.3 Å². The predicted octanol–water partition coefficient (Wildman–Crippen LogP) is 4.65. The molecular weight excluding hydrogens is 348 g/mol. The van der Waals surface area contributed by atoms with Crippen LogP contribution >= 0.6 is 0 Å². The van der Waals surface area contributed by atoms with E-state index in [1.165, 1.54) is 5.39 Å². The van der Waals surface area contributed by atoms with Crippen LogP contribution in [0.5, 0.6) is 0 Å². The molecule has 0 saturated heterocycles. The smallest absolute Gasteiger partial charge is 0.254 e. The molecule has 0 saturated carbocycles. The number of pyridine rings is 1. The van der Waals surface area contributed by atoms with Crippen molar-refractivity contribution in [3.63, 3.8) is 0 Å². The summed E-state index contributed by atoms with van der Waals surface area (Å²) < 4.78 is 1.75. The third kappa shape index (κ3) is 2.85. The number of fused-ring (bicyclic) bond motifs is 2. The van der Waals surface area contributed by atoms with E-state index < -0.39 is 0 Å². The van der Waals surface area contributed by atoms with Gasteiger partial charge >= 0.3 is 0 Å². The Balaban J connectivity index is 1.66. The summed E-state index contributed by atoms with van der Waals surface area (Å²) >= 11 is 0. The van der Waals surface area contributed by atoms with E-state index in [9.17, 15) is 0 Å². The molecule has 0 aliphatic heterocycles. The van der Waals surface area contributed by atoms with Gasteiger partial charge in [0.2, 0.25) is 0 Å². The number of anilines is 2. The van der Waals surface area contributed by atoms with Gasteiger partial charge in [-0.2, -0.15) is 9.50 Å². The summed E-state index contributed by atoms with van der Waals surface area (Å²) in [5.74, 6) is 2.01. The van der Waals surface area contributed by atoms with E-state index >= 15 is 0 Å². The van der Waals surface area contributed by atoms with E-state index in [0.29, 0.717) is 11.6 Å². The lowest BCUT2D eigenvalue weighted by molar-refractivity contribution is 0.920. The minimum Gasteiger partial charge on any atom is -0.340 e. The standard InChI is InChI=1S/C22H18N6/c1-2-17-13-20(25-19-11-5-8-15-7-3-4-10-18(15)19)28-22(24-17)26-21(27-28)16-9-6-12-23-14-16/h3-14,25H,2H2,1H3. The highest BCUT2D eigenvalue weighted by atomic mass is 15.4. The van der Waals surface area contributed by atoms with E-state index in [-0.39, 0.29) is 0 Å². The van der Waals surface area contributed by atoms with E-state index in [2.05, 4.69) is 56.6 Å². The maximum Gasteiger partial charge on any atom is 0.254 e. The van der Waals surface area contributed by atoms with E-state index in [0.717, 1.165) is 34.6 Å². The summed E-state index contributed by atoms with van der Waals surface area (Å²) in [6.45, 7) is 2.08. The molecule has 6 heteroatoms. The highest BCUT2D eigenvalue weighted by Crippen LogP contribution is 2.27. The zero-order valence-electron chi connectivity index (χ0n) is 15.4. The van der Waals surface area contributed by atoms with E-state index in [4.69, 9.17) is 0 Å². The fourth-order valence-corrected chi connectivity index (χ4v) is 3.28. The highest BCUT2D eigenvalue weighted by Gasteiger charge is 2.13. The minimum atomic E-state index is 0.570. The van der Waals surface area contributed by atoms with Gasteiger partial charge in [0.05, 0.1) is 0 Å². The summed E-state index contributed by atoms with van der Waals surface area (Å²) in [6, 6.07) is 20.4. The minimum absolute atomic E-state index is 0.570. The molecule has 5 rings (SSSR count). The zero-order valence-corrected chi connectivity index (χ0v) is 15.4. The Bertz CT molecular complexity index is 1270. The van der Waals surface area contributed by atoms with Gasteiger partial charge in [0.25, 0.3) is 5.78 Å². The number of hydrogen-bond donors (Lipinski definition) is 1. The van der Waals surface area contributed by atoms with Crippen LogP contribution in [0.1, 0.15) is 12.6 Å². The van der Waals surface area contributed by atoms with Gasteiger partial charge in [-0.05, 0) is 30.0 Å². The van der Waals surface area contributed by atoms with E-state index in [1.807, 2.05) is 36.4 Å². The molecule has 0 bridgehead atoms. The lowest BCUT2D eigenvalue weighted by Crippen LogP contribution is -2.04. The van der Waals surface area contributed by atoms with Crippen LogP contribution in [0.3, 0.4) is 0 Å².